The molecule has 0 atom stereocenters. The molecule has 2 N–H and O–H groups in total. The molecule has 0 saturated heterocycles. The van der Waals surface area contributed by atoms with Gasteiger partial charge in [0.15, 0.2) is 0 Å². The van der Waals surface area contributed by atoms with Crippen molar-refractivity contribution in [2.75, 3.05) is 0 Å². The van der Waals surface area contributed by atoms with E-state index in [0.29, 0.717) is 0 Å². The van der Waals surface area contributed by atoms with Crippen LogP contribution in [0.2, 0.25) is 0 Å². The summed E-state index contributed by atoms with van der Waals surface area (Å²) in [6, 6.07) is 0. The molecule has 48 valence electrons. The van der Waals surface area contributed by atoms with E-state index in [2.05, 4.69) is 13.5 Å². The van der Waals surface area contributed by atoms with Crippen molar-refractivity contribution in [3.05, 3.63) is 12.2 Å². The maximum atomic E-state index is 5.65. The van der Waals surface area contributed by atoms with E-state index in [1.54, 1.807) is 0 Å². The quantitative estimate of drug-likeness (QED) is 0.498. The predicted molar refractivity (Wildman–Crippen MR) is 38.2 cm³/mol. The van der Waals surface area contributed by atoms with Crippen LogP contribution in [0.5, 0.6) is 0 Å². The van der Waals surface area contributed by atoms with Crippen molar-refractivity contribution in [2.24, 2.45) is 5.73 Å². The summed E-state index contributed by atoms with van der Waals surface area (Å²) in [4.78, 5) is 0. The standard InChI is InChI=1S/C6H11N.ClH/c1-5-3-6(2,7)4-5;/h1,3-4,7H2,2H3;1H. The van der Waals surface area contributed by atoms with Crippen molar-refractivity contribution in [3.63, 3.8) is 0 Å². The Morgan fingerprint density at radius 1 is 1.62 bits per heavy atom. The topological polar surface area (TPSA) is 26.0 Å². The lowest BCUT2D eigenvalue weighted by atomic mass is 9.76. The number of halogens is 1. The first kappa shape index (κ1) is 7.99. The summed E-state index contributed by atoms with van der Waals surface area (Å²) in [6.45, 7) is 5.83. The summed E-state index contributed by atoms with van der Waals surface area (Å²) >= 11 is 0. The van der Waals surface area contributed by atoms with Crippen molar-refractivity contribution in [2.45, 2.75) is 25.3 Å². The molecular weight excluding hydrogens is 122 g/mol. The third kappa shape index (κ3) is 1.49. The highest BCUT2D eigenvalue weighted by Gasteiger charge is 2.29. The summed E-state index contributed by atoms with van der Waals surface area (Å²) < 4.78 is 0. The summed E-state index contributed by atoms with van der Waals surface area (Å²) in [5.74, 6) is 0. The van der Waals surface area contributed by atoms with Crippen LogP contribution in [0.1, 0.15) is 19.8 Å². The number of hydrogen-bond acceptors (Lipinski definition) is 1. The van der Waals surface area contributed by atoms with Gasteiger partial charge in [-0.15, -0.1) is 12.4 Å². The highest BCUT2D eigenvalue weighted by Crippen LogP contribution is 2.32. The maximum Gasteiger partial charge on any atom is 0.0200 e. The van der Waals surface area contributed by atoms with Crippen molar-refractivity contribution < 1.29 is 0 Å². The summed E-state index contributed by atoms with van der Waals surface area (Å²) in [7, 11) is 0. The molecule has 1 fully saturated rings. The minimum absolute atomic E-state index is 0. The van der Waals surface area contributed by atoms with Gasteiger partial charge in [-0.05, 0) is 19.8 Å². The van der Waals surface area contributed by atoms with Crippen LogP contribution in [0.3, 0.4) is 0 Å². The number of rotatable bonds is 0. The Morgan fingerprint density at radius 3 is 2.00 bits per heavy atom. The van der Waals surface area contributed by atoms with Gasteiger partial charge in [0, 0.05) is 5.54 Å². The van der Waals surface area contributed by atoms with Crippen LogP contribution in [0.15, 0.2) is 12.2 Å². The fourth-order valence-corrected chi connectivity index (χ4v) is 1.09. The molecule has 0 amide bonds. The van der Waals surface area contributed by atoms with Crippen LogP contribution < -0.4 is 5.73 Å². The molecule has 0 aromatic carbocycles. The normalized spacial score (nSPS) is 23.5. The van der Waals surface area contributed by atoms with Crippen LogP contribution in [-0.2, 0) is 0 Å². The highest BCUT2D eigenvalue weighted by molar-refractivity contribution is 5.85. The van der Waals surface area contributed by atoms with E-state index in [1.165, 1.54) is 5.57 Å². The predicted octanol–water partition coefficient (Wildman–Crippen LogP) is 1.48. The van der Waals surface area contributed by atoms with Gasteiger partial charge < -0.3 is 5.73 Å². The first-order valence-corrected chi connectivity index (χ1v) is 2.56. The third-order valence-electron chi connectivity index (χ3n) is 1.31. The van der Waals surface area contributed by atoms with Crippen molar-refractivity contribution in [3.8, 4) is 0 Å². The lowest BCUT2D eigenvalue weighted by Crippen LogP contribution is -2.44. The average Bonchev–Trinajstić information content (AvgIpc) is 1.27. The molecule has 0 aromatic rings. The number of nitrogens with two attached hydrogens (primary N) is 1. The Balaban J connectivity index is 0.000000490. The van der Waals surface area contributed by atoms with Gasteiger partial charge >= 0.3 is 0 Å². The van der Waals surface area contributed by atoms with E-state index in [-0.39, 0.29) is 17.9 Å². The molecule has 0 unspecified atom stereocenters. The van der Waals surface area contributed by atoms with Gasteiger partial charge in [-0.25, -0.2) is 0 Å². The molecule has 1 aliphatic carbocycles. The van der Waals surface area contributed by atoms with Crippen LogP contribution in [0.4, 0.5) is 0 Å². The van der Waals surface area contributed by atoms with Crippen LogP contribution in [0, 0.1) is 0 Å². The smallest absolute Gasteiger partial charge is 0.0200 e. The zero-order valence-electron chi connectivity index (χ0n) is 5.11. The van der Waals surface area contributed by atoms with Gasteiger partial charge in [0.05, 0.1) is 0 Å². The highest BCUT2D eigenvalue weighted by atomic mass is 35.5. The van der Waals surface area contributed by atoms with Crippen molar-refractivity contribution >= 4 is 12.4 Å². The molecule has 1 rings (SSSR count). The molecule has 0 spiro atoms. The van der Waals surface area contributed by atoms with Gasteiger partial charge in [0.25, 0.3) is 0 Å². The Labute approximate surface area is 56.4 Å². The zero-order valence-corrected chi connectivity index (χ0v) is 5.92. The molecule has 0 radical (unpaired) electrons. The molecule has 2 heteroatoms. The molecule has 0 aliphatic heterocycles. The van der Waals surface area contributed by atoms with Crippen LogP contribution >= 0.6 is 12.4 Å². The lowest BCUT2D eigenvalue weighted by Gasteiger charge is -2.36. The Bertz CT molecular complexity index is 97.1. The number of hydrogen-bond donors (Lipinski definition) is 1. The monoisotopic (exact) mass is 133 g/mol. The molecule has 8 heavy (non-hydrogen) atoms. The van der Waals surface area contributed by atoms with Crippen LogP contribution in [-0.4, -0.2) is 5.54 Å². The SMILES string of the molecule is C=C1CC(C)(N)C1.Cl. The van der Waals surface area contributed by atoms with Gasteiger partial charge in [-0.2, -0.15) is 0 Å². The molecule has 1 saturated carbocycles. The average molecular weight is 134 g/mol. The summed E-state index contributed by atoms with van der Waals surface area (Å²) in [5, 5.41) is 0. The van der Waals surface area contributed by atoms with Gasteiger partial charge in [-0.1, -0.05) is 12.2 Å². The molecular formula is C6H12ClN. The second-order valence-corrected chi connectivity index (χ2v) is 2.76. The Morgan fingerprint density at radius 2 is 2.00 bits per heavy atom. The van der Waals surface area contributed by atoms with Crippen molar-refractivity contribution in [1.82, 2.24) is 0 Å². The fraction of sp³-hybridized carbons (Fsp3) is 0.667. The summed E-state index contributed by atoms with van der Waals surface area (Å²) in [6.07, 6.45) is 2.04. The van der Waals surface area contributed by atoms with E-state index < -0.39 is 0 Å². The molecule has 1 aliphatic rings. The van der Waals surface area contributed by atoms with Gasteiger partial charge in [0.2, 0.25) is 0 Å². The fourth-order valence-electron chi connectivity index (χ4n) is 1.09. The van der Waals surface area contributed by atoms with Crippen molar-refractivity contribution in [1.29, 1.82) is 0 Å². The Kier molecular flexibility index (Phi) is 2.07. The van der Waals surface area contributed by atoms with E-state index >= 15 is 0 Å². The second kappa shape index (κ2) is 2.08. The molecule has 0 bridgehead atoms. The second-order valence-electron chi connectivity index (χ2n) is 2.76. The largest absolute Gasteiger partial charge is 0.325 e. The lowest BCUT2D eigenvalue weighted by molar-refractivity contribution is 0.370. The van der Waals surface area contributed by atoms with Gasteiger partial charge in [-0.3, -0.25) is 0 Å². The van der Waals surface area contributed by atoms with E-state index in [4.69, 9.17) is 5.73 Å². The maximum absolute atomic E-state index is 5.65. The minimum atomic E-state index is 0. The zero-order chi connectivity index (χ0) is 5.49. The first-order chi connectivity index (χ1) is 3.10. The summed E-state index contributed by atoms with van der Waals surface area (Å²) in [5.41, 5.74) is 7.04. The molecule has 1 nitrogen and oxygen atoms in total. The van der Waals surface area contributed by atoms with Crippen LogP contribution in [0.25, 0.3) is 0 Å². The Hall–Kier alpha value is -0.0100. The first-order valence-electron chi connectivity index (χ1n) is 2.56. The minimum Gasteiger partial charge on any atom is -0.325 e. The third-order valence-corrected chi connectivity index (χ3v) is 1.31. The van der Waals surface area contributed by atoms with Gasteiger partial charge in [0.1, 0.15) is 0 Å². The van der Waals surface area contributed by atoms with E-state index in [9.17, 15) is 0 Å². The molecule has 0 aromatic heterocycles. The van der Waals surface area contributed by atoms with E-state index in [1.807, 2.05) is 0 Å². The molecule has 0 heterocycles. The van der Waals surface area contributed by atoms with E-state index in [0.717, 1.165) is 12.8 Å².